The molecule has 0 radical (unpaired) electrons. The Labute approximate surface area is 167 Å². The van der Waals surface area contributed by atoms with E-state index in [1.165, 1.54) is 19.2 Å². The van der Waals surface area contributed by atoms with Crippen LogP contribution in [-0.4, -0.2) is 30.5 Å². The molecule has 0 bridgehead atoms. The number of ether oxygens (including phenoxy) is 1. The quantitative estimate of drug-likeness (QED) is 0.598. The molecule has 0 saturated heterocycles. The summed E-state index contributed by atoms with van der Waals surface area (Å²) in [6.45, 7) is 0.415. The third-order valence-electron chi connectivity index (χ3n) is 4.20. The van der Waals surface area contributed by atoms with E-state index in [0.29, 0.717) is 24.2 Å². The molecule has 0 aliphatic carbocycles. The molecule has 1 heterocycles. The van der Waals surface area contributed by atoms with Crippen molar-refractivity contribution >= 4 is 23.3 Å². The molecule has 0 spiro atoms. The summed E-state index contributed by atoms with van der Waals surface area (Å²) in [5.74, 6) is -0.983. The molecule has 3 aromatic rings. The summed E-state index contributed by atoms with van der Waals surface area (Å²) in [6.07, 6.45) is 2.14. The first-order chi connectivity index (χ1) is 14.0. The minimum absolute atomic E-state index is 0.278. The standard InChI is InChI=1S/C22H20FN3O3/c1-29-22(28)16-4-8-18(9-5-16)26-19-11-13-24-20(14-19)21(27)25-12-10-15-2-6-17(23)7-3-15/h2-9,11,13-14H,10,12H2,1H3,(H,24,26)(H,25,27). The van der Waals surface area contributed by atoms with Crippen molar-refractivity contribution in [2.75, 3.05) is 19.0 Å². The molecule has 0 unspecified atom stereocenters. The highest BCUT2D eigenvalue weighted by Gasteiger charge is 2.09. The molecular weight excluding hydrogens is 373 g/mol. The molecule has 0 saturated carbocycles. The van der Waals surface area contributed by atoms with Crippen LogP contribution in [0.15, 0.2) is 66.9 Å². The molecular formula is C22H20FN3O3. The predicted molar refractivity (Wildman–Crippen MR) is 108 cm³/mol. The Morgan fingerprint density at radius 2 is 1.72 bits per heavy atom. The molecule has 2 aromatic carbocycles. The van der Waals surface area contributed by atoms with Crippen molar-refractivity contribution in [3.8, 4) is 0 Å². The van der Waals surface area contributed by atoms with Crippen LogP contribution in [0.4, 0.5) is 15.8 Å². The lowest BCUT2D eigenvalue weighted by Crippen LogP contribution is -2.26. The Balaban J connectivity index is 1.57. The SMILES string of the molecule is COC(=O)c1ccc(Nc2ccnc(C(=O)NCCc3ccc(F)cc3)c2)cc1. The third-order valence-corrected chi connectivity index (χ3v) is 4.20. The highest BCUT2D eigenvalue weighted by molar-refractivity contribution is 5.93. The van der Waals surface area contributed by atoms with Crippen molar-refractivity contribution in [3.05, 3.63) is 89.5 Å². The smallest absolute Gasteiger partial charge is 0.337 e. The van der Waals surface area contributed by atoms with E-state index in [0.717, 1.165) is 11.3 Å². The number of nitrogens with one attached hydrogen (secondary N) is 2. The molecule has 0 atom stereocenters. The van der Waals surface area contributed by atoms with E-state index in [1.54, 1.807) is 54.7 Å². The summed E-state index contributed by atoms with van der Waals surface area (Å²) < 4.78 is 17.6. The maximum atomic E-state index is 12.9. The Kier molecular flexibility index (Phi) is 6.52. The highest BCUT2D eigenvalue weighted by atomic mass is 19.1. The normalized spacial score (nSPS) is 10.3. The van der Waals surface area contributed by atoms with E-state index >= 15 is 0 Å². The average molecular weight is 393 g/mol. The summed E-state index contributed by atoms with van der Waals surface area (Å²) in [5.41, 5.74) is 3.11. The molecule has 1 aromatic heterocycles. The Morgan fingerprint density at radius 1 is 1.00 bits per heavy atom. The fourth-order valence-corrected chi connectivity index (χ4v) is 2.67. The zero-order chi connectivity index (χ0) is 20.6. The van der Waals surface area contributed by atoms with Gasteiger partial charge in [0.15, 0.2) is 0 Å². The minimum Gasteiger partial charge on any atom is -0.465 e. The number of halogens is 1. The second-order valence-corrected chi connectivity index (χ2v) is 6.26. The Bertz CT molecular complexity index is 989. The van der Waals surface area contributed by atoms with Crippen LogP contribution in [0.5, 0.6) is 0 Å². The van der Waals surface area contributed by atoms with E-state index < -0.39 is 5.97 Å². The third kappa shape index (κ3) is 5.62. The Hall–Kier alpha value is -3.74. The van der Waals surface area contributed by atoms with E-state index in [1.807, 2.05) is 0 Å². The van der Waals surface area contributed by atoms with Gasteiger partial charge in [0.2, 0.25) is 0 Å². The number of carbonyl (C=O) groups is 2. The molecule has 0 fully saturated rings. The minimum atomic E-state index is -0.403. The number of pyridine rings is 1. The number of hydrogen-bond acceptors (Lipinski definition) is 5. The van der Waals surface area contributed by atoms with Crippen LogP contribution in [0.2, 0.25) is 0 Å². The van der Waals surface area contributed by atoms with Crippen LogP contribution >= 0.6 is 0 Å². The Morgan fingerprint density at radius 3 is 2.41 bits per heavy atom. The van der Waals surface area contributed by atoms with Crippen LogP contribution in [-0.2, 0) is 11.2 Å². The zero-order valence-electron chi connectivity index (χ0n) is 15.8. The largest absolute Gasteiger partial charge is 0.465 e. The number of rotatable bonds is 7. The summed E-state index contributed by atoms with van der Waals surface area (Å²) in [6, 6.07) is 16.3. The molecule has 0 aliphatic rings. The van der Waals surface area contributed by atoms with E-state index in [4.69, 9.17) is 0 Å². The summed E-state index contributed by atoms with van der Waals surface area (Å²) >= 11 is 0. The topological polar surface area (TPSA) is 80.3 Å². The molecule has 6 nitrogen and oxygen atoms in total. The molecule has 0 aliphatic heterocycles. The number of benzene rings is 2. The van der Waals surface area contributed by atoms with Gasteiger partial charge in [0.1, 0.15) is 11.5 Å². The van der Waals surface area contributed by atoms with Crippen LogP contribution in [0.25, 0.3) is 0 Å². The first-order valence-electron chi connectivity index (χ1n) is 8.99. The first-order valence-corrected chi connectivity index (χ1v) is 8.99. The van der Waals surface area contributed by atoms with Crippen molar-refractivity contribution in [1.82, 2.24) is 10.3 Å². The summed E-state index contributed by atoms with van der Waals surface area (Å²) in [7, 11) is 1.33. The van der Waals surface area contributed by atoms with Crippen LogP contribution in [0, 0.1) is 5.82 Å². The number of nitrogens with zero attached hydrogens (tertiary/aromatic N) is 1. The van der Waals surface area contributed by atoms with Crippen LogP contribution in [0.1, 0.15) is 26.4 Å². The second-order valence-electron chi connectivity index (χ2n) is 6.26. The lowest BCUT2D eigenvalue weighted by molar-refractivity contribution is 0.0600. The number of amides is 1. The number of hydrogen-bond donors (Lipinski definition) is 2. The van der Waals surface area contributed by atoms with Crippen molar-refractivity contribution in [3.63, 3.8) is 0 Å². The summed E-state index contributed by atoms with van der Waals surface area (Å²) in [4.78, 5) is 27.9. The van der Waals surface area contributed by atoms with Gasteiger partial charge >= 0.3 is 5.97 Å². The monoisotopic (exact) mass is 393 g/mol. The number of carbonyl (C=O) groups excluding carboxylic acids is 2. The summed E-state index contributed by atoms with van der Waals surface area (Å²) in [5, 5.41) is 5.97. The van der Waals surface area contributed by atoms with E-state index in [-0.39, 0.29) is 17.4 Å². The zero-order valence-corrected chi connectivity index (χ0v) is 15.8. The fourth-order valence-electron chi connectivity index (χ4n) is 2.67. The fraction of sp³-hybridized carbons (Fsp3) is 0.136. The van der Waals surface area contributed by atoms with Gasteiger partial charge in [-0.1, -0.05) is 12.1 Å². The molecule has 7 heteroatoms. The van der Waals surface area contributed by atoms with Gasteiger partial charge in [-0.05, 0) is 60.5 Å². The van der Waals surface area contributed by atoms with Crippen molar-refractivity contribution in [1.29, 1.82) is 0 Å². The van der Waals surface area contributed by atoms with Crippen LogP contribution in [0.3, 0.4) is 0 Å². The van der Waals surface area contributed by atoms with Crippen molar-refractivity contribution in [2.24, 2.45) is 0 Å². The van der Waals surface area contributed by atoms with E-state index in [2.05, 4.69) is 20.4 Å². The number of anilines is 2. The molecule has 1 amide bonds. The molecule has 148 valence electrons. The molecule has 3 rings (SSSR count). The molecule has 29 heavy (non-hydrogen) atoms. The average Bonchev–Trinajstić information content (AvgIpc) is 2.75. The van der Waals surface area contributed by atoms with Crippen molar-refractivity contribution < 1.29 is 18.7 Å². The first kappa shape index (κ1) is 20.0. The maximum Gasteiger partial charge on any atom is 0.337 e. The number of esters is 1. The maximum absolute atomic E-state index is 12.9. The van der Waals surface area contributed by atoms with Crippen LogP contribution < -0.4 is 10.6 Å². The van der Waals surface area contributed by atoms with Gasteiger partial charge in [-0.15, -0.1) is 0 Å². The van der Waals surface area contributed by atoms with E-state index in [9.17, 15) is 14.0 Å². The number of methoxy groups -OCH3 is 1. The molecule has 2 N–H and O–H groups in total. The predicted octanol–water partition coefficient (Wildman–Crippen LogP) is 3.72. The second kappa shape index (κ2) is 9.45. The van der Waals surface area contributed by atoms with Gasteiger partial charge in [0, 0.05) is 24.1 Å². The van der Waals surface area contributed by atoms with Gasteiger partial charge in [-0.25, -0.2) is 9.18 Å². The highest BCUT2D eigenvalue weighted by Crippen LogP contribution is 2.18. The van der Waals surface area contributed by atoms with Gasteiger partial charge in [0.25, 0.3) is 5.91 Å². The van der Waals surface area contributed by atoms with Gasteiger partial charge < -0.3 is 15.4 Å². The lowest BCUT2D eigenvalue weighted by atomic mass is 10.1. The van der Waals surface area contributed by atoms with Gasteiger partial charge in [0.05, 0.1) is 12.7 Å². The van der Waals surface area contributed by atoms with Gasteiger partial charge in [-0.3, -0.25) is 9.78 Å². The van der Waals surface area contributed by atoms with Crippen molar-refractivity contribution in [2.45, 2.75) is 6.42 Å². The van der Waals surface area contributed by atoms with Gasteiger partial charge in [-0.2, -0.15) is 0 Å². The lowest BCUT2D eigenvalue weighted by Gasteiger charge is -2.09. The number of aromatic nitrogens is 1.